The second-order valence-corrected chi connectivity index (χ2v) is 4.40. The smallest absolute Gasteiger partial charge is 0.331 e. The summed E-state index contributed by atoms with van der Waals surface area (Å²) in [4.78, 5) is 22.7. The third-order valence-corrected chi connectivity index (χ3v) is 2.73. The molecule has 0 radical (unpaired) electrons. The highest BCUT2D eigenvalue weighted by Crippen LogP contribution is 2.32. The summed E-state index contributed by atoms with van der Waals surface area (Å²) in [5, 5.41) is 2.62. The van der Waals surface area contributed by atoms with E-state index in [9.17, 15) is 9.59 Å². The Bertz CT molecular complexity index is 553. The summed E-state index contributed by atoms with van der Waals surface area (Å²) < 4.78 is 15.3. The number of benzene rings is 1. The summed E-state index contributed by atoms with van der Waals surface area (Å²) in [6.45, 7) is 2.45. The van der Waals surface area contributed by atoms with Crippen molar-refractivity contribution in [3.63, 3.8) is 0 Å². The minimum Gasteiger partial charge on any atom is -0.454 e. The molecular formula is C15H17NO5. The molecule has 0 fully saturated rings. The van der Waals surface area contributed by atoms with E-state index in [1.165, 1.54) is 6.08 Å². The summed E-state index contributed by atoms with van der Waals surface area (Å²) in [6.07, 6.45) is 3.70. The first-order chi connectivity index (χ1) is 10.2. The second kappa shape index (κ2) is 7.33. The molecule has 1 heterocycles. The molecule has 1 aliphatic heterocycles. The molecule has 1 aliphatic rings. The minimum absolute atomic E-state index is 0.206. The van der Waals surface area contributed by atoms with E-state index in [2.05, 4.69) is 5.32 Å². The van der Waals surface area contributed by atoms with Crippen LogP contribution in [0.1, 0.15) is 18.9 Å². The van der Waals surface area contributed by atoms with Gasteiger partial charge in [-0.1, -0.05) is 13.0 Å². The van der Waals surface area contributed by atoms with Gasteiger partial charge in [-0.05, 0) is 30.2 Å². The second-order valence-electron chi connectivity index (χ2n) is 4.40. The molecule has 0 unspecified atom stereocenters. The maximum absolute atomic E-state index is 11.5. The quantitative estimate of drug-likeness (QED) is 0.635. The average Bonchev–Trinajstić information content (AvgIpc) is 2.96. The molecule has 1 aromatic rings. The normalized spacial score (nSPS) is 12.4. The Kier molecular flexibility index (Phi) is 5.20. The highest BCUT2D eigenvalue weighted by atomic mass is 16.7. The predicted molar refractivity (Wildman–Crippen MR) is 75.9 cm³/mol. The van der Waals surface area contributed by atoms with Gasteiger partial charge in [0.25, 0.3) is 5.91 Å². The molecule has 6 nitrogen and oxygen atoms in total. The van der Waals surface area contributed by atoms with Crippen LogP contribution < -0.4 is 14.8 Å². The molecule has 1 aromatic carbocycles. The van der Waals surface area contributed by atoms with E-state index in [0.29, 0.717) is 18.0 Å². The maximum atomic E-state index is 11.5. The fourth-order valence-electron chi connectivity index (χ4n) is 1.68. The molecule has 0 bridgehead atoms. The van der Waals surface area contributed by atoms with Gasteiger partial charge in [-0.15, -0.1) is 0 Å². The zero-order chi connectivity index (χ0) is 15.1. The van der Waals surface area contributed by atoms with E-state index in [0.717, 1.165) is 12.0 Å². The summed E-state index contributed by atoms with van der Waals surface area (Å²) >= 11 is 0. The molecule has 0 saturated heterocycles. The fraction of sp³-hybridized carbons (Fsp3) is 0.333. The monoisotopic (exact) mass is 291 g/mol. The van der Waals surface area contributed by atoms with Crippen LogP contribution in [0.15, 0.2) is 24.3 Å². The van der Waals surface area contributed by atoms with Crippen LogP contribution in [0.4, 0.5) is 0 Å². The molecule has 0 aromatic heterocycles. The van der Waals surface area contributed by atoms with Gasteiger partial charge < -0.3 is 19.5 Å². The van der Waals surface area contributed by atoms with E-state index < -0.39 is 5.97 Å². The zero-order valence-corrected chi connectivity index (χ0v) is 11.8. The molecule has 6 heteroatoms. The molecule has 0 saturated carbocycles. The summed E-state index contributed by atoms with van der Waals surface area (Å²) in [5.41, 5.74) is 0.784. The van der Waals surface area contributed by atoms with Crippen LogP contribution >= 0.6 is 0 Å². The number of ether oxygens (including phenoxy) is 3. The van der Waals surface area contributed by atoms with Crippen molar-refractivity contribution in [1.82, 2.24) is 5.32 Å². The fourth-order valence-corrected chi connectivity index (χ4v) is 1.68. The van der Waals surface area contributed by atoms with Crippen LogP contribution in [-0.4, -0.2) is 31.8 Å². The van der Waals surface area contributed by atoms with Crippen LogP contribution in [0.25, 0.3) is 6.08 Å². The summed E-state index contributed by atoms with van der Waals surface area (Å²) in [5.74, 6) is 0.452. The molecule has 0 spiro atoms. The van der Waals surface area contributed by atoms with Crippen molar-refractivity contribution >= 4 is 18.0 Å². The predicted octanol–water partition coefficient (Wildman–Crippen LogP) is 1.50. The molecule has 0 atom stereocenters. The molecule has 112 valence electrons. The van der Waals surface area contributed by atoms with Crippen LogP contribution in [-0.2, 0) is 14.3 Å². The van der Waals surface area contributed by atoms with Crippen molar-refractivity contribution in [2.24, 2.45) is 0 Å². The lowest BCUT2D eigenvalue weighted by Gasteiger charge is -2.03. The van der Waals surface area contributed by atoms with Gasteiger partial charge in [0.15, 0.2) is 18.1 Å². The largest absolute Gasteiger partial charge is 0.454 e. The van der Waals surface area contributed by atoms with Crippen molar-refractivity contribution in [3.8, 4) is 11.5 Å². The number of nitrogens with one attached hydrogen (secondary N) is 1. The molecule has 1 amide bonds. The lowest BCUT2D eigenvalue weighted by atomic mass is 10.2. The van der Waals surface area contributed by atoms with E-state index in [1.54, 1.807) is 24.3 Å². The van der Waals surface area contributed by atoms with Gasteiger partial charge in [0.05, 0.1) is 0 Å². The van der Waals surface area contributed by atoms with E-state index in [-0.39, 0.29) is 19.3 Å². The number of hydrogen-bond acceptors (Lipinski definition) is 5. The number of carbonyl (C=O) groups excluding carboxylic acids is 2. The number of esters is 1. The van der Waals surface area contributed by atoms with Crippen LogP contribution in [0.5, 0.6) is 11.5 Å². The third-order valence-electron chi connectivity index (χ3n) is 2.73. The standard InChI is InChI=1S/C15H17NO5/c1-2-7-16-14(17)9-19-15(18)6-4-11-3-5-12-13(8-11)21-10-20-12/h3-6,8H,2,7,9-10H2,1H3,(H,16,17)/b6-4+. The Morgan fingerprint density at radius 3 is 2.95 bits per heavy atom. The molecule has 21 heavy (non-hydrogen) atoms. The number of amides is 1. The number of fused-ring (bicyclic) bond motifs is 1. The third kappa shape index (κ3) is 4.52. The lowest BCUT2D eigenvalue weighted by molar-refractivity contribution is -0.143. The average molecular weight is 291 g/mol. The zero-order valence-electron chi connectivity index (χ0n) is 11.8. The molecule has 1 N–H and O–H groups in total. The topological polar surface area (TPSA) is 73.9 Å². The highest BCUT2D eigenvalue weighted by Gasteiger charge is 2.12. The Labute approximate surface area is 122 Å². The Morgan fingerprint density at radius 2 is 2.14 bits per heavy atom. The first-order valence-electron chi connectivity index (χ1n) is 6.70. The summed E-state index contributed by atoms with van der Waals surface area (Å²) in [6, 6.07) is 5.33. The van der Waals surface area contributed by atoms with Crippen molar-refractivity contribution in [2.75, 3.05) is 19.9 Å². The Balaban J connectivity index is 1.81. The number of hydrogen-bond donors (Lipinski definition) is 1. The van der Waals surface area contributed by atoms with Gasteiger partial charge in [-0.3, -0.25) is 4.79 Å². The van der Waals surface area contributed by atoms with Crippen LogP contribution in [0, 0.1) is 0 Å². The highest BCUT2D eigenvalue weighted by molar-refractivity contribution is 5.89. The van der Waals surface area contributed by atoms with Gasteiger partial charge in [0.1, 0.15) is 0 Å². The lowest BCUT2D eigenvalue weighted by Crippen LogP contribution is -2.28. The molecular weight excluding hydrogens is 274 g/mol. The van der Waals surface area contributed by atoms with Crippen LogP contribution in [0.2, 0.25) is 0 Å². The Morgan fingerprint density at radius 1 is 1.33 bits per heavy atom. The Hall–Kier alpha value is -2.50. The van der Waals surface area contributed by atoms with Crippen LogP contribution in [0.3, 0.4) is 0 Å². The van der Waals surface area contributed by atoms with Crippen molar-refractivity contribution in [3.05, 3.63) is 29.8 Å². The first-order valence-corrected chi connectivity index (χ1v) is 6.70. The van der Waals surface area contributed by atoms with Gasteiger partial charge in [-0.25, -0.2) is 4.79 Å². The van der Waals surface area contributed by atoms with Crippen molar-refractivity contribution < 1.29 is 23.8 Å². The summed E-state index contributed by atoms with van der Waals surface area (Å²) in [7, 11) is 0. The van der Waals surface area contributed by atoms with E-state index >= 15 is 0 Å². The number of carbonyl (C=O) groups is 2. The van der Waals surface area contributed by atoms with Crippen molar-refractivity contribution in [2.45, 2.75) is 13.3 Å². The minimum atomic E-state index is -0.570. The number of rotatable bonds is 6. The van der Waals surface area contributed by atoms with E-state index in [1.807, 2.05) is 6.92 Å². The maximum Gasteiger partial charge on any atom is 0.331 e. The van der Waals surface area contributed by atoms with Gasteiger partial charge in [0.2, 0.25) is 6.79 Å². The van der Waals surface area contributed by atoms with Gasteiger partial charge in [0, 0.05) is 12.6 Å². The molecule has 2 rings (SSSR count). The van der Waals surface area contributed by atoms with Crippen molar-refractivity contribution in [1.29, 1.82) is 0 Å². The van der Waals surface area contributed by atoms with Gasteiger partial charge >= 0.3 is 5.97 Å². The SMILES string of the molecule is CCCNC(=O)COC(=O)/C=C/c1ccc2c(c1)OCO2. The molecule has 0 aliphatic carbocycles. The van der Waals surface area contributed by atoms with E-state index in [4.69, 9.17) is 14.2 Å². The first kappa shape index (κ1) is 14.9. The van der Waals surface area contributed by atoms with Gasteiger partial charge in [-0.2, -0.15) is 0 Å².